The molecule has 0 radical (unpaired) electrons. The minimum Gasteiger partial charge on any atom is -0.490 e. The molecule has 2 aromatic rings. The quantitative estimate of drug-likeness (QED) is 0.743. The molecule has 2 aromatic carbocycles. The van der Waals surface area contributed by atoms with Crippen LogP contribution in [0.2, 0.25) is 0 Å². The first-order chi connectivity index (χ1) is 10.5. The standard InChI is InChI=1S/C16H15BrO4S/c1-11-4-2-3-5-16(11)22(18,19)13-6-7-14(17)15(8-13)21-10-12-9-20-12/h2-8,12H,9-10H2,1H3. The molecule has 1 aliphatic heterocycles. The van der Waals surface area contributed by atoms with Gasteiger partial charge < -0.3 is 9.47 Å². The van der Waals surface area contributed by atoms with Crippen LogP contribution in [0.25, 0.3) is 0 Å². The van der Waals surface area contributed by atoms with Crippen molar-refractivity contribution in [3.8, 4) is 5.75 Å². The minimum atomic E-state index is -3.56. The van der Waals surface area contributed by atoms with Crippen LogP contribution in [0.15, 0.2) is 56.7 Å². The van der Waals surface area contributed by atoms with Crippen LogP contribution in [-0.2, 0) is 14.6 Å². The highest BCUT2D eigenvalue weighted by Crippen LogP contribution is 2.32. The molecule has 1 saturated heterocycles. The molecule has 1 atom stereocenters. The Balaban J connectivity index is 1.96. The highest BCUT2D eigenvalue weighted by molar-refractivity contribution is 9.10. The lowest BCUT2D eigenvalue weighted by molar-refractivity contribution is 0.261. The van der Waals surface area contributed by atoms with E-state index in [1.54, 1.807) is 43.3 Å². The van der Waals surface area contributed by atoms with Crippen LogP contribution in [0, 0.1) is 6.92 Å². The van der Waals surface area contributed by atoms with E-state index in [-0.39, 0.29) is 11.0 Å². The van der Waals surface area contributed by atoms with Crippen molar-refractivity contribution in [1.82, 2.24) is 0 Å². The van der Waals surface area contributed by atoms with E-state index < -0.39 is 9.84 Å². The van der Waals surface area contributed by atoms with Gasteiger partial charge in [0.25, 0.3) is 0 Å². The smallest absolute Gasteiger partial charge is 0.206 e. The second kappa shape index (κ2) is 6.02. The Morgan fingerprint density at radius 3 is 2.68 bits per heavy atom. The van der Waals surface area contributed by atoms with E-state index in [0.717, 1.165) is 10.0 Å². The number of epoxide rings is 1. The molecule has 22 heavy (non-hydrogen) atoms. The van der Waals surface area contributed by atoms with Crippen LogP contribution in [-0.4, -0.2) is 27.7 Å². The fourth-order valence-corrected chi connectivity index (χ4v) is 3.97. The van der Waals surface area contributed by atoms with E-state index in [9.17, 15) is 8.42 Å². The minimum absolute atomic E-state index is 0.114. The fourth-order valence-electron chi connectivity index (χ4n) is 2.09. The highest BCUT2D eigenvalue weighted by Gasteiger charge is 2.25. The lowest BCUT2D eigenvalue weighted by Crippen LogP contribution is -2.07. The maximum Gasteiger partial charge on any atom is 0.206 e. The molecular formula is C16H15BrO4S. The third-order valence-electron chi connectivity index (χ3n) is 3.42. The normalized spacial score (nSPS) is 17.3. The van der Waals surface area contributed by atoms with Crippen molar-refractivity contribution in [1.29, 1.82) is 0 Å². The van der Waals surface area contributed by atoms with Crippen molar-refractivity contribution in [2.45, 2.75) is 22.8 Å². The molecule has 6 heteroatoms. The zero-order valence-corrected chi connectivity index (χ0v) is 14.4. The van der Waals surface area contributed by atoms with Gasteiger partial charge in [-0.15, -0.1) is 0 Å². The number of hydrogen-bond donors (Lipinski definition) is 0. The monoisotopic (exact) mass is 382 g/mol. The predicted octanol–water partition coefficient (Wildman–Crippen LogP) is 3.37. The van der Waals surface area contributed by atoms with Crippen LogP contribution >= 0.6 is 15.9 Å². The van der Waals surface area contributed by atoms with Crippen LogP contribution in [0.1, 0.15) is 5.56 Å². The van der Waals surface area contributed by atoms with E-state index in [2.05, 4.69) is 15.9 Å². The molecule has 0 N–H and O–H groups in total. The van der Waals surface area contributed by atoms with Crippen molar-refractivity contribution in [3.05, 3.63) is 52.5 Å². The summed E-state index contributed by atoms with van der Waals surface area (Å²) in [6, 6.07) is 11.8. The molecule has 4 nitrogen and oxygen atoms in total. The summed E-state index contributed by atoms with van der Waals surface area (Å²) in [5.41, 5.74) is 0.722. The van der Waals surface area contributed by atoms with Gasteiger partial charge in [0.1, 0.15) is 18.5 Å². The first kappa shape index (κ1) is 15.5. The van der Waals surface area contributed by atoms with Gasteiger partial charge in [0.2, 0.25) is 9.84 Å². The molecule has 0 aromatic heterocycles. The third kappa shape index (κ3) is 3.19. The SMILES string of the molecule is Cc1ccccc1S(=O)(=O)c1ccc(Br)c(OCC2CO2)c1. The Hall–Kier alpha value is -1.37. The lowest BCUT2D eigenvalue weighted by Gasteiger charge is -2.11. The molecule has 0 amide bonds. The third-order valence-corrected chi connectivity index (χ3v) is 5.99. The second-order valence-corrected chi connectivity index (χ2v) is 7.90. The average Bonchev–Trinajstić information content (AvgIpc) is 3.30. The molecule has 1 aliphatic rings. The molecule has 1 unspecified atom stereocenters. The van der Waals surface area contributed by atoms with Crippen molar-refractivity contribution in [2.75, 3.05) is 13.2 Å². The van der Waals surface area contributed by atoms with Gasteiger partial charge in [0.15, 0.2) is 0 Å². The number of sulfone groups is 1. The van der Waals surface area contributed by atoms with Crippen molar-refractivity contribution in [3.63, 3.8) is 0 Å². The van der Waals surface area contributed by atoms with Gasteiger partial charge in [-0.05, 0) is 46.6 Å². The summed E-state index contributed by atoms with van der Waals surface area (Å²) in [5, 5.41) is 0. The van der Waals surface area contributed by atoms with Gasteiger partial charge in [0, 0.05) is 6.07 Å². The summed E-state index contributed by atoms with van der Waals surface area (Å²) in [6.07, 6.45) is 0.114. The maximum atomic E-state index is 12.8. The van der Waals surface area contributed by atoms with E-state index in [0.29, 0.717) is 23.9 Å². The first-order valence-corrected chi connectivity index (χ1v) is 9.11. The highest BCUT2D eigenvalue weighted by atomic mass is 79.9. The fraction of sp³-hybridized carbons (Fsp3) is 0.250. The Morgan fingerprint density at radius 1 is 1.27 bits per heavy atom. The van der Waals surface area contributed by atoms with Gasteiger partial charge in [-0.1, -0.05) is 18.2 Å². The summed E-state index contributed by atoms with van der Waals surface area (Å²) in [5.74, 6) is 0.505. The van der Waals surface area contributed by atoms with Crippen molar-refractivity contribution >= 4 is 25.8 Å². The van der Waals surface area contributed by atoms with Crippen LogP contribution in [0.5, 0.6) is 5.75 Å². The Morgan fingerprint density at radius 2 is 2.00 bits per heavy atom. The molecule has 0 spiro atoms. The van der Waals surface area contributed by atoms with E-state index >= 15 is 0 Å². The number of rotatable bonds is 5. The molecule has 1 fully saturated rings. The number of ether oxygens (including phenoxy) is 2. The summed E-state index contributed by atoms with van der Waals surface area (Å²) in [4.78, 5) is 0.533. The molecule has 116 valence electrons. The number of halogens is 1. The second-order valence-electron chi connectivity index (χ2n) is 5.13. The van der Waals surface area contributed by atoms with Crippen LogP contribution in [0.3, 0.4) is 0 Å². The Kier molecular flexibility index (Phi) is 4.25. The van der Waals surface area contributed by atoms with Gasteiger partial charge in [-0.3, -0.25) is 0 Å². The predicted molar refractivity (Wildman–Crippen MR) is 86.0 cm³/mol. The molecule has 0 bridgehead atoms. The number of benzene rings is 2. The van der Waals surface area contributed by atoms with E-state index in [1.165, 1.54) is 0 Å². The summed E-state index contributed by atoms with van der Waals surface area (Å²) < 4.78 is 37.0. The molecule has 0 aliphatic carbocycles. The first-order valence-electron chi connectivity index (χ1n) is 6.83. The molecule has 3 rings (SSSR count). The zero-order valence-electron chi connectivity index (χ0n) is 12.0. The van der Waals surface area contributed by atoms with Crippen molar-refractivity contribution < 1.29 is 17.9 Å². The van der Waals surface area contributed by atoms with Gasteiger partial charge >= 0.3 is 0 Å². The van der Waals surface area contributed by atoms with Gasteiger partial charge in [0.05, 0.1) is 20.9 Å². The molecule has 1 heterocycles. The van der Waals surface area contributed by atoms with Gasteiger partial charge in [-0.25, -0.2) is 8.42 Å². The summed E-state index contributed by atoms with van der Waals surface area (Å²) in [6.45, 7) is 2.90. The molecular weight excluding hydrogens is 368 g/mol. The largest absolute Gasteiger partial charge is 0.490 e. The Bertz CT molecular complexity index is 798. The van der Waals surface area contributed by atoms with Crippen LogP contribution < -0.4 is 4.74 Å². The zero-order chi connectivity index (χ0) is 15.7. The topological polar surface area (TPSA) is 55.9 Å². The van der Waals surface area contributed by atoms with Crippen molar-refractivity contribution in [2.24, 2.45) is 0 Å². The van der Waals surface area contributed by atoms with Gasteiger partial charge in [-0.2, -0.15) is 0 Å². The van der Waals surface area contributed by atoms with E-state index in [4.69, 9.17) is 9.47 Å². The molecule has 0 saturated carbocycles. The lowest BCUT2D eigenvalue weighted by atomic mass is 10.2. The summed E-state index contributed by atoms with van der Waals surface area (Å²) in [7, 11) is -3.56. The maximum absolute atomic E-state index is 12.8. The Labute approximate surface area is 138 Å². The van der Waals surface area contributed by atoms with Crippen LogP contribution in [0.4, 0.5) is 0 Å². The van der Waals surface area contributed by atoms with E-state index in [1.807, 2.05) is 6.07 Å². The number of hydrogen-bond acceptors (Lipinski definition) is 4. The number of aryl methyl sites for hydroxylation is 1. The average molecular weight is 383 g/mol. The summed E-state index contributed by atoms with van der Waals surface area (Å²) >= 11 is 3.38.